The lowest BCUT2D eigenvalue weighted by Gasteiger charge is -2.11. The number of alkyl halides is 1. The number of methoxy groups -OCH3 is 1. The van der Waals surface area contributed by atoms with Crippen molar-refractivity contribution in [3.63, 3.8) is 0 Å². The van der Waals surface area contributed by atoms with E-state index in [0.717, 1.165) is 5.56 Å². The Hall–Kier alpha value is -2.75. The number of halogens is 1. The average molecular weight is 363 g/mol. The highest BCUT2D eigenvalue weighted by molar-refractivity contribution is 5.73. The molecule has 3 rings (SSSR count). The van der Waals surface area contributed by atoms with E-state index in [9.17, 15) is 4.39 Å². The molecule has 0 radical (unpaired) electrons. The first kappa shape index (κ1) is 18.1. The molecule has 0 aliphatic heterocycles. The molecule has 140 valence electrons. The first-order valence-corrected chi connectivity index (χ1v) is 8.35. The van der Waals surface area contributed by atoms with Crippen LogP contribution in [0.1, 0.15) is 27.0 Å². The summed E-state index contributed by atoms with van der Waals surface area (Å²) in [6.07, 6.45) is 4.88. The summed E-state index contributed by atoms with van der Waals surface area (Å²) in [6.45, 7) is 5.63. The zero-order valence-corrected chi connectivity index (χ0v) is 15.2. The fraction of sp³-hybridized carbons (Fsp3) is 0.500. The molecule has 9 nitrogen and oxygen atoms in total. The van der Waals surface area contributed by atoms with Crippen LogP contribution in [0, 0.1) is 0 Å². The largest absolute Gasteiger partial charge is 0.491 e. The van der Waals surface area contributed by atoms with E-state index in [2.05, 4.69) is 25.5 Å². The van der Waals surface area contributed by atoms with Gasteiger partial charge in [-0.1, -0.05) is 0 Å². The van der Waals surface area contributed by atoms with E-state index in [1.165, 1.54) is 10.8 Å². The molecule has 0 saturated heterocycles. The number of anilines is 1. The first-order valence-electron chi connectivity index (χ1n) is 8.35. The minimum atomic E-state index is -0.520. The third-order valence-corrected chi connectivity index (χ3v) is 3.81. The number of ether oxygens (including phenoxy) is 2. The summed E-state index contributed by atoms with van der Waals surface area (Å²) >= 11 is 0. The molecular weight excluding hydrogens is 341 g/mol. The Kier molecular flexibility index (Phi) is 5.31. The number of nitrogens with one attached hydrogen (secondary N) is 1. The third kappa shape index (κ3) is 3.45. The summed E-state index contributed by atoms with van der Waals surface area (Å²) in [5.41, 5.74) is 1.84. The highest BCUT2D eigenvalue weighted by Crippen LogP contribution is 2.31. The Morgan fingerprint density at radius 1 is 1.35 bits per heavy atom. The predicted octanol–water partition coefficient (Wildman–Crippen LogP) is 2.32. The SMILES string of the molecule is CCOC(C)n1cc(-c2ncn3nc(N[C@@H](C)CF)nc3c2OC)cn1. The van der Waals surface area contributed by atoms with Gasteiger partial charge in [0.15, 0.2) is 5.75 Å². The lowest BCUT2D eigenvalue weighted by Crippen LogP contribution is -2.17. The number of aromatic nitrogens is 6. The van der Waals surface area contributed by atoms with Gasteiger partial charge in [-0.3, -0.25) is 0 Å². The van der Waals surface area contributed by atoms with Gasteiger partial charge in [-0.15, -0.1) is 5.10 Å². The fourth-order valence-corrected chi connectivity index (χ4v) is 2.53. The summed E-state index contributed by atoms with van der Waals surface area (Å²) in [4.78, 5) is 8.80. The van der Waals surface area contributed by atoms with Gasteiger partial charge in [-0.05, 0) is 20.8 Å². The highest BCUT2D eigenvalue weighted by atomic mass is 19.1. The van der Waals surface area contributed by atoms with Crippen LogP contribution in [0.4, 0.5) is 10.3 Å². The van der Waals surface area contributed by atoms with Crippen molar-refractivity contribution in [1.29, 1.82) is 0 Å². The van der Waals surface area contributed by atoms with Crippen LogP contribution >= 0.6 is 0 Å². The van der Waals surface area contributed by atoms with Crippen LogP contribution in [0.25, 0.3) is 16.9 Å². The second-order valence-corrected chi connectivity index (χ2v) is 5.79. The molecule has 10 heteroatoms. The maximum absolute atomic E-state index is 12.7. The first-order chi connectivity index (χ1) is 12.6. The maximum Gasteiger partial charge on any atom is 0.243 e. The average Bonchev–Trinajstić information content (AvgIpc) is 3.27. The minimum Gasteiger partial charge on any atom is -0.491 e. The summed E-state index contributed by atoms with van der Waals surface area (Å²) in [5.74, 6) is 0.776. The highest BCUT2D eigenvalue weighted by Gasteiger charge is 2.19. The molecule has 0 saturated carbocycles. The van der Waals surface area contributed by atoms with Crippen molar-refractivity contribution < 1.29 is 13.9 Å². The molecule has 3 aromatic rings. The zero-order valence-electron chi connectivity index (χ0n) is 15.2. The van der Waals surface area contributed by atoms with Crippen molar-refractivity contribution in [3.8, 4) is 17.0 Å². The van der Waals surface area contributed by atoms with Gasteiger partial charge in [0, 0.05) is 18.4 Å². The standard InChI is InChI=1S/C16H22FN7O2/c1-5-26-11(3)23-8-12(7-19-23)13-14(25-4)15-21-16(20-10(2)6-17)22-24(15)9-18-13/h7-11H,5-6H2,1-4H3,(H,20,22)/t10-,11?/m0/s1. The maximum atomic E-state index is 12.7. The van der Waals surface area contributed by atoms with Crippen molar-refractivity contribution >= 4 is 11.6 Å². The Bertz CT molecular complexity index is 879. The van der Waals surface area contributed by atoms with Crippen molar-refractivity contribution in [2.45, 2.75) is 33.0 Å². The van der Waals surface area contributed by atoms with Crippen LogP contribution < -0.4 is 10.1 Å². The Labute approximate surface area is 150 Å². The quantitative estimate of drug-likeness (QED) is 0.657. The number of hydrogen-bond donors (Lipinski definition) is 1. The Morgan fingerprint density at radius 3 is 2.85 bits per heavy atom. The van der Waals surface area contributed by atoms with Crippen molar-refractivity contribution in [1.82, 2.24) is 29.4 Å². The van der Waals surface area contributed by atoms with E-state index >= 15 is 0 Å². The van der Waals surface area contributed by atoms with Crippen molar-refractivity contribution in [2.24, 2.45) is 0 Å². The number of fused-ring (bicyclic) bond motifs is 1. The molecular formula is C16H22FN7O2. The number of rotatable bonds is 8. The van der Waals surface area contributed by atoms with Gasteiger partial charge in [0.2, 0.25) is 11.6 Å². The van der Waals surface area contributed by atoms with Gasteiger partial charge in [0.1, 0.15) is 24.9 Å². The van der Waals surface area contributed by atoms with E-state index in [4.69, 9.17) is 9.47 Å². The molecule has 0 amide bonds. The second-order valence-electron chi connectivity index (χ2n) is 5.79. The van der Waals surface area contributed by atoms with E-state index in [1.54, 1.807) is 24.9 Å². The van der Waals surface area contributed by atoms with Crippen LogP contribution in [0.2, 0.25) is 0 Å². The Balaban J connectivity index is 1.98. The van der Waals surface area contributed by atoms with Gasteiger partial charge in [-0.2, -0.15) is 14.6 Å². The monoisotopic (exact) mass is 363 g/mol. The molecule has 26 heavy (non-hydrogen) atoms. The van der Waals surface area contributed by atoms with Gasteiger partial charge < -0.3 is 14.8 Å². The summed E-state index contributed by atoms with van der Waals surface area (Å²) in [7, 11) is 1.54. The summed E-state index contributed by atoms with van der Waals surface area (Å²) in [6, 6.07) is -0.385. The number of nitrogens with zero attached hydrogens (tertiary/aromatic N) is 6. The van der Waals surface area contributed by atoms with Gasteiger partial charge in [-0.25, -0.2) is 14.1 Å². The molecule has 0 aromatic carbocycles. The van der Waals surface area contributed by atoms with Crippen LogP contribution in [0.15, 0.2) is 18.7 Å². The fourth-order valence-electron chi connectivity index (χ4n) is 2.53. The van der Waals surface area contributed by atoms with Gasteiger partial charge >= 0.3 is 0 Å². The van der Waals surface area contributed by atoms with E-state index in [0.29, 0.717) is 29.6 Å². The molecule has 3 heterocycles. The molecule has 0 aliphatic rings. The lowest BCUT2D eigenvalue weighted by atomic mass is 10.2. The predicted molar refractivity (Wildman–Crippen MR) is 94.0 cm³/mol. The molecule has 1 N–H and O–H groups in total. The minimum absolute atomic E-state index is 0.186. The van der Waals surface area contributed by atoms with Crippen LogP contribution in [-0.2, 0) is 4.74 Å². The molecule has 3 aromatic heterocycles. The Morgan fingerprint density at radius 2 is 2.15 bits per heavy atom. The van der Waals surface area contributed by atoms with E-state index < -0.39 is 6.67 Å². The number of hydrogen-bond acceptors (Lipinski definition) is 7. The molecule has 1 unspecified atom stereocenters. The lowest BCUT2D eigenvalue weighted by molar-refractivity contribution is 0.0160. The molecule has 2 atom stereocenters. The molecule has 0 spiro atoms. The summed E-state index contributed by atoms with van der Waals surface area (Å²) in [5, 5.41) is 11.5. The molecule has 0 fully saturated rings. The topological polar surface area (TPSA) is 91.4 Å². The van der Waals surface area contributed by atoms with Gasteiger partial charge in [0.05, 0.1) is 19.3 Å². The van der Waals surface area contributed by atoms with E-state index in [1.807, 2.05) is 20.0 Å². The van der Waals surface area contributed by atoms with Gasteiger partial charge in [0.25, 0.3) is 0 Å². The third-order valence-electron chi connectivity index (χ3n) is 3.81. The van der Waals surface area contributed by atoms with Crippen molar-refractivity contribution in [2.75, 3.05) is 25.7 Å². The molecule has 0 aliphatic carbocycles. The molecule has 0 bridgehead atoms. The van der Waals surface area contributed by atoms with Crippen LogP contribution in [0.3, 0.4) is 0 Å². The van der Waals surface area contributed by atoms with E-state index in [-0.39, 0.29) is 12.3 Å². The summed E-state index contributed by atoms with van der Waals surface area (Å²) < 4.78 is 27.0. The normalized spacial score (nSPS) is 13.7. The van der Waals surface area contributed by atoms with Crippen LogP contribution in [0.5, 0.6) is 5.75 Å². The zero-order chi connectivity index (χ0) is 18.7. The smallest absolute Gasteiger partial charge is 0.243 e. The second kappa shape index (κ2) is 7.65. The van der Waals surface area contributed by atoms with Crippen molar-refractivity contribution in [3.05, 3.63) is 18.7 Å². The van der Waals surface area contributed by atoms with Crippen LogP contribution in [-0.4, -0.2) is 55.8 Å².